The summed E-state index contributed by atoms with van der Waals surface area (Å²) in [6.45, 7) is 2.58. The number of nitrogens with one attached hydrogen (secondary N) is 2. The number of hydrogen-bond acceptors (Lipinski definition) is 4. The maximum atomic E-state index is 9.01. The molecule has 0 amide bonds. The van der Waals surface area contributed by atoms with Crippen molar-refractivity contribution in [3.63, 3.8) is 0 Å². The third-order valence-corrected chi connectivity index (χ3v) is 1.05. The van der Waals surface area contributed by atoms with Crippen LogP contribution in [0.2, 0.25) is 0 Å². The minimum atomic E-state index is -0.570. The maximum Gasteiger partial charge on any atom is 0.117 e. The second kappa shape index (κ2) is 5.61. The Kier molecular flexibility index (Phi) is 5.52. The second-order valence-corrected chi connectivity index (χ2v) is 2.33. The highest BCUT2D eigenvalue weighted by molar-refractivity contribution is 4.57. The molecule has 0 saturated heterocycles. The molecule has 0 aliphatic carbocycles. The molecule has 0 aromatic rings. The van der Waals surface area contributed by atoms with E-state index in [1.54, 1.807) is 14.0 Å². The number of aliphatic hydroxyl groups is 2. The van der Waals surface area contributed by atoms with Crippen LogP contribution in [0.15, 0.2) is 0 Å². The van der Waals surface area contributed by atoms with Gasteiger partial charge in [0.2, 0.25) is 0 Å². The molecule has 0 rings (SSSR count). The van der Waals surface area contributed by atoms with E-state index in [1.165, 1.54) is 0 Å². The minimum absolute atomic E-state index is 0.411. The molecule has 0 heterocycles. The van der Waals surface area contributed by atoms with Gasteiger partial charge >= 0.3 is 0 Å². The first kappa shape index (κ1) is 9.84. The van der Waals surface area contributed by atoms with Crippen molar-refractivity contribution in [2.45, 2.75) is 19.3 Å². The highest BCUT2D eigenvalue weighted by atomic mass is 16.3. The summed E-state index contributed by atoms with van der Waals surface area (Å²) in [7, 11) is 1.76. The fraction of sp³-hybridized carbons (Fsp3) is 1.00. The van der Waals surface area contributed by atoms with Gasteiger partial charge in [0.05, 0.1) is 6.10 Å². The van der Waals surface area contributed by atoms with Gasteiger partial charge in [-0.25, -0.2) is 0 Å². The molecule has 2 atom stereocenters. The van der Waals surface area contributed by atoms with Crippen LogP contribution < -0.4 is 10.6 Å². The summed E-state index contributed by atoms with van der Waals surface area (Å²) in [5, 5.41) is 23.3. The Morgan fingerprint density at radius 3 is 2.30 bits per heavy atom. The smallest absolute Gasteiger partial charge is 0.117 e. The number of likely N-dealkylation sites (N-methyl/N-ethyl adjacent to an activating group) is 1. The van der Waals surface area contributed by atoms with Gasteiger partial charge in [0.25, 0.3) is 0 Å². The minimum Gasteiger partial charge on any atom is -0.392 e. The van der Waals surface area contributed by atoms with Gasteiger partial charge in [-0.2, -0.15) is 0 Å². The summed E-state index contributed by atoms with van der Waals surface area (Å²) in [6, 6.07) is 0. The van der Waals surface area contributed by atoms with Crippen LogP contribution in [0.25, 0.3) is 0 Å². The molecule has 0 aliphatic rings. The van der Waals surface area contributed by atoms with Gasteiger partial charge in [0.15, 0.2) is 0 Å². The van der Waals surface area contributed by atoms with Crippen LogP contribution in [0.5, 0.6) is 0 Å². The van der Waals surface area contributed by atoms with Crippen LogP contribution in [-0.4, -0.2) is 42.7 Å². The predicted molar refractivity (Wildman–Crippen MR) is 39.6 cm³/mol. The molecule has 62 valence electrons. The summed E-state index contributed by atoms with van der Waals surface area (Å²) in [5.74, 6) is 0. The van der Waals surface area contributed by atoms with Gasteiger partial charge in [-0.3, -0.25) is 5.32 Å². The van der Waals surface area contributed by atoms with Crippen LogP contribution in [0.4, 0.5) is 0 Å². The van der Waals surface area contributed by atoms with E-state index in [0.717, 1.165) is 0 Å². The first-order valence-corrected chi connectivity index (χ1v) is 3.41. The molecule has 0 radical (unpaired) electrons. The Hall–Kier alpha value is -0.160. The Morgan fingerprint density at radius 2 is 1.90 bits per heavy atom. The van der Waals surface area contributed by atoms with Gasteiger partial charge in [0.1, 0.15) is 6.23 Å². The average Bonchev–Trinajstić information content (AvgIpc) is 1.85. The molecule has 0 saturated carbocycles. The molecule has 4 N–H and O–H groups in total. The number of hydrogen-bond donors (Lipinski definition) is 4. The van der Waals surface area contributed by atoms with Gasteiger partial charge in [-0.05, 0) is 14.0 Å². The lowest BCUT2D eigenvalue weighted by molar-refractivity contribution is 0.109. The largest absolute Gasteiger partial charge is 0.392 e. The second-order valence-electron chi connectivity index (χ2n) is 2.33. The van der Waals surface area contributed by atoms with Gasteiger partial charge in [0, 0.05) is 13.1 Å². The van der Waals surface area contributed by atoms with E-state index in [9.17, 15) is 0 Å². The van der Waals surface area contributed by atoms with E-state index in [2.05, 4.69) is 10.6 Å². The SMILES string of the molecule is CNCC(O)NCC(C)O. The third kappa shape index (κ3) is 5.97. The standard InChI is InChI=1S/C6H16N2O2/c1-5(9)3-8-6(10)4-7-2/h5-10H,3-4H2,1-2H3. The van der Waals surface area contributed by atoms with E-state index >= 15 is 0 Å². The predicted octanol–water partition coefficient (Wildman–Crippen LogP) is -1.51. The number of aliphatic hydroxyl groups excluding tert-OH is 2. The number of rotatable bonds is 5. The molecule has 0 spiro atoms. The van der Waals surface area contributed by atoms with E-state index in [4.69, 9.17) is 10.2 Å². The molecule has 0 aromatic carbocycles. The van der Waals surface area contributed by atoms with Crippen LogP contribution >= 0.6 is 0 Å². The zero-order chi connectivity index (χ0) is 7.98. The maximum absolute atomic E-state index is 9.01. The van der Waals surface area contributed by atoms with Crippen molar-refractivity contribution in [1.29, 1.82) is 0 Å². The quantitative estimate of drug-likeness (QED) is 0.358. The van der Waals surface area contributed by atoms with Crippen molar-refractivity contribution in [3.8, 4) is 0 Å². The molecule has 0 aliphatic heterocycles. The fourth-order valence-corrected chi connectivity index (χ4v) is 0.572. The molecular formula is C6H16N2O2. The summed E-state index contributed by atoms with van der Waals surface area (Å²) >= 11 is 0. The van der Waals surface area contributed by atoms with Gasteiger partial charge in [-0.15, -0.1) is 0 Å². The van der Waals surface area contributed by atoms with Crippen LogP contribution in [0.1, 0.15) is 6.92 Å². The summed E-state index contributed by atoms with van der Waals surface area (Å²) in [5.41, 5.74) is 0. The first-order chi connectivity index (χ1) is 4.66. The topological polar surface area (TPSA) is 64.5 Å². The Labute approximate surface area is 61.3 Å². The Bertz CT molecular complexity index is 78.1. The monoisotopic (exact) mass is 148 g/mol. The molecule has 10 heavy (non-hydrogen) atoms. The molecule has 4 nitrogen and oxygen atoms in total. The van der Waals surface area contributed by atoms with Crippen LogP contribution in [0, 0.1) is 0 Å². The highest BCUT2D eigenvalue weighted by Gasteiger charge is 2.01. The zero-order valence-electron chi connectivity index (χ0n) is 6.46. The van der Waals surface area contributed by atoms with Gasteiger partial charge < -0.3 is 15.5 Å². The lowest BCUT2D eigenvalue weighted by Crippen LogP contribution is -2.40. The van der Waals surface area contributed by atoms with E-state index in [0.29, 0.717) is 13.1 Å². The summed E-state index contributed by atoms with van der Waals surface area (Å²) in [4.78, 5) is 0. The van der Waals surface area contributed by atoms with E-state index in [1.807, 2.05) is 0 Å². The lowest BCUT2D eigenvalue weighted by Gasteiger charge is -2.12. The zero-order valence-corrected chi connectivity index (χ0v) is 6.46. The molecule has 0 bridgehead atoms. The average molecular weight is 148 g/mol. The van der Waals surface area contributed by atoms with Crippen LogP contribution in [0.3, 0.4) is 0 Å². The summed E-state index contributed by atoms with van der Waals surface area (Å²) < 4.78 is 0. The molecular weight excluding hydrogens is 132 g/mol. The summed E-state index contributed by atoms with van der Waals surface area (Å²) in [6.07, 6.45) is -0.980. The fourth-order valence-electron chi connectivity index (χ4n) is 0.572. The lowest BCUT2D eigenvalue weighted by atomic mass is 10.4. The van der Waals surface area contributed by atoms with Crippen molar-refractivity contribution in [1.82, 2.24) is 10.6 Å². The van der Waals surface area contributed by atoms with Crippen molar-refractivity contribution < 1.29 is 10.2 Å². The third-order valence-electron chi connectivity index (χ3n) is 1.05. The van der Waals surface area contributed by atoms with Crippen LogP contribution in [-0.2, 0) is 0 Å². The molecule has 0 fully saturated rings. The van der Waals surface area contributed by atoms with Crippen molar-refractivity contribution in [3.05, 3.63) is 0 Å². The van der Waals surface area contributed by atoms with E-state index in [-0.39, 0.29) is 0 Å². The van der Waals surface area contributed by atoms with Crippen molar-refractivity contribution in [2.24, 2.45) is 0 Å². The Morgan fingerprint density at radius 1 is 1.30 bits per heavy atom. The molecule has 0 aromatic heterocycles. The van der Waals surface area contributed by atoms with Crippen molar-refractivity contribution >= 4 is 0 Å². The molecule has 4 heteroatoms. The molecule has 2 unspecified atom stereocenters. The van der Waals surface area contributed by atoms with Crippen molar-refractivity contribution in [2.75, 3.05) is 20.1 Å². The highest BCUT2D eigenvalue weighted by Crippen LogP contribution is 1.77. The normalized spacial score (nSPS) is 16.8. The first-order valence-electron chi connectivity index (χ1n) is 3.41. The van der Waals surface area contributed by atoms with E-state index < -0.39 is 12.3 Å². The Balaban J connectivity index is 3.12. The van der Waals surface area contributed by atoms with Gasteiger partial charge in [-0.1, -0.05) is 0 Å².